The van der Waals surface area contributed by atoms with E-state index in [1.807, 2.05) is 116 Å². The Morgan fingerprint density at radius 1 is 0.525 bits per heavy atom. The first-order valence-electron chi connectivity index (χ1n) is 20.3. The van der Waals surface area contributed by atoms with Crippen LogP contribution in [-0.2, 0) is 45.5 Å². The van der Waals surface area contributed by atoms with Crippen LogP contribution in [0.15, 0.2) is 73.1 Å². The lowest BCUT2D eigenvalue weighted by Gasteiger charge is -2.19. The summed E-state index contributed by atoms with van der Waals surface area (Å²) in [6, 6.07) is 18.8. The van der Waals surface area contributed by atoms with E-state index in [1.165, 1.54) is 0 Å². The highest BCUT2D eigenvalue weighted by Crippen LogP contribution is 2.36. The quantitative estimate of drug-likeness (QED) is 0.0603. The van der Waals surface area contributed by atoms with Gasteiger partial charge < -0.3 is 37.9 Å². The summed E-state index contributed by atoms with van der Waals surface area (Å²) in [5.74, 6) is 2.81. The van der Waals surface area contributed by atoms with Crippen molar-refractivity contribution in [2.24, 2.45) is 0 Å². The zero-order chi connectivity index (χ0) is 43.8. The fourth-order valence-electron chi connectivity index (χ4n) is 6.76. The summed E-state index contributed by atoms with van der Waals surface area (Å²) in [5.41, 5.74) is 8.38. The Hall–Kier alpha value is -6.56. The number of methoxy groups -OCH3 is 2. The number of rotatable bonds is 18. The molecule has 6 rings (SSSR count). The summed E-state index contributed by atoms with van der Waals surface area (Å²) >= 11 is 0. The number of aromatic nitrogens is 2. The van der Waals surface area contributed by atoms with Crippen LogP contribution in [0.25, 0.3) is 21.8 Å². The maximum atomic E-state index is 12.7. The van der Waals surface area contributed by atoms with Crippen LogP contribution in [0, 0.1) is 27.7 Å². The smallest absolute Gasteiger partial charge is 0.317 e. The first-order chi connectivity index (χ1) is 29.3. The second-order valence-corrected chi connectivity index (χ2v) is 15.3. The van der Waals surface area contributed by atoms with E-state index in [4.69, 9.17) is 37.9 Å². The van der Waals surface area contributed by atoms with Gasteiger partial charge in [-0.1, -0.05) is 12.1 Å². The molecule has 0 aliphatic heterocycles. The van der Waals surface area contributed by atoms with E-state index in [-0.39, 0.29) is 38.6 Å². The SMILES string of the molecule is COc1ccc2ncc(COc3ccc(COC(=O)CC(=O)OCc4ccc(OCc5cnc6ccc(OC)cc6c5OC(C)C)c(C)c4C)c(C)c3C)c(OC(C)C)c2c1. The van der Waals surface area contributed by atoms with Gasteiger partial charge in [0.15, 0.2) is 0 Å². The normalized spacial score (nSPS) is 11.2. The van der Waals surface area contributed by atoms with Gasteiger partial charge in [-0.05, 0) is 137 Å². The molecule has 0 fully saturated rings. The van der Waals surface area contributed by atoms with Crippen LogP contribution in [0.1, 0.15) is 78.6 Å². The first-order valence-corrected chi connectivity index (χ1v) is 20.3. The monoisotopic (exact) mass is 830 g/mol. The summed E-state index contributed by atoms with van der Waals surface area (Å²) in [4.78, 5) is 34.7. The van der Waals surface area contributed by atoms with Crippen molar-refractivity contribution >= 4 is 33.7 Å². The van der Waals surface area contributed by atoms with Crippen molar-refractivity contribution in [3.05, 3.63) is 118 Å². The zero-order valence-corrected chi connectivity index (χ0v) is 36.6. The third kappa shape index (κ3) is 10.6. The van der Waals surface area contributed by atoms with Crippen molar-refractivity contribution in [2.45, 2.75) is 100 Å². The Morgan fingerprint density at radius 3 is 1.31 bits per heavy atom. The molecule has 0 spiro atoms. The molecule has 2 heterocycles. The van der Waals surface area contributed by atoms with E-state index >= 15 is 0 Å². The summed E-state index contributed by atoms with van der Waals surface area (Å²) in [6.07, 6.45) is 2.90. The molecule has 0 saturated heterocycles. The Labute approximate surface area is 357 Å². The van der Waals surface area contributed by atoms with Gasteiger partial charge in [0.2, 0.25) is 0 Å². The first kappa shape index (κ1) is 44.0. The lowest BCUT2D eigenvalue weighted by molar-refractivity contribution is -0.156. The number of hydrogen-bond acceptors (Lipinski definition) is 12. The molecule has 2 aromatic heterocycles. The van der Waals surface area contributed by atoms with Gasteiger partial charge in [-0.3, -0.25) is 19.6 Å². The molecule has 6 aromatic rings. The van der Waals surface area contributed by atoms with Crippen LogP contribution in [0.2, 0.25) is 0 Å². The molecular formula is C49H54N2O10. The van der Waals surface area contributed by atoms with E-state index in [2.05, 4.69) is 9.97 Å². The van der Waals surface area contributed by atoms with Gasteiger partial charge in [-0.25, -0.2) is 0 Å². The van der Waals surface area contributed by atoms with E-state index < -0.39 is 18.4 Å². The molecule has 0 unspecified atom stereocenters. The van der Waals surface area contributed by atoms with Crippen LogP contribution in [0.3, 0.4) is 0 Å². The van der Waals surface area contributed by atoms with Gasteiger partial charge in [0.25, 0.3) is 0 Å². The van der Waals surface area contributed by atoms with Crippen molar-refractivity contribution in [3.63, 3.8) is 0 Å². The van der Waals surface area contributed by atoms with Gasteiger partial charge in [0.05, 0.1) is 48.6 Å². The molecule has 0 aliphatic rings. The highest BCUT2D eigenvalue weighted by atomic mass is 16.6. The van der Waals surface area contributed by atoms with Crippen LogP contribution in [0.4, 0.5) is 0 Å². The van der Waals surface area contributed by atoms with Crippen LogP contribution >= 0.6 is 0 Å². The largest absolute Gasteiger partial charge is 0.497 e. The Morgan fingerprint density at radius 2 is 0.934 bits per heavy atom. The molecule has 0 atom stereocenters. The highest BCUT2D eigenvalue weighted by Gasteiger charge is 2.19. The molecule has 12 nitrogen and oxygen atoms in total. The van der Waals surface area contributed by atoms with Crippen molar-refractivity contribution < 1.29 is 47.5 Å². The van der Waals surface area contributed by atoms with Gasteiger partial charge in [0, 0.05) is 23.2 Å². The maximum absolute atomic E-state index is 12.7. The molecule has 0 radical (unpaired) electrons. The molecule has 0 saturated carbocycles. The predicted octanol–water partition coefficient (Wildman–Crippen LogP) is 9.94. The van der Waals surface area contributed by atoms with Crippen molar-refractivity contribution in [2.75, 3.05) is 14.2 Å². The molecule has 320 valence electrons. The molecule has 4 aromatic carbocycles. The van der Waals surface area contributed by atoms with Gasteiger partial charge in [-0.15, -0.1) is 0 Å². The minimum atomic E-state index is -0.681. The average Bonchev–Trinajstić information content (AvgIpc) is 3.24. The third-order valence-corrected chi connectivity index (χ3v) is 10.4. The average molecular weight is 831 g/mol. The number of hydrogen-bond donors (Lipinski definition) is 0. The molecular weight excluding hydrogens is 777 g/mol. The minimum absolute atomic E-state index is 0.00379. The number of ether oxygens (including phenoxy) is 8. The Kier molecular flexibility index (Phi) is 14.2. The lowest BCUT2D eigenvalue weighted by atomic mass is 10.0. The molecule has 61 heavy (non-hydrogen) atoms. The van der Waals surface area contributed by atoms with E-state index in [0.717, 1.165) is 66.3 Å². The Balaban J connectivity index is 1.01. The topological polar surface area (TPSA) is 134 Å². The van der Waals surface area contributed by atoms with Crippen LogP contribution < -0.4 is 28.4 Å². The number of carbonyl (C=O) groups excluding carboxylic acids is 2. The summed E-state index contributed by atoms with van der Waals surface area (Å²) in [6.45, 7) is 16.1. The summed E-state index contributed by atoms with van der Waals surface area (Å²) in [5, 5.41) is 1.68. The van der Waals surface area contributed by atoms with E-state index in [0.29, 0.717) is 34.5 Å². The number of esters is 2. The number of pyridine rings is 2. The Bertz CT molecular complexity index is 2370. The molecule has 0 aliphatic carbocycles. The van der Waals surface area contributed by atoms with E-state index in [9.17, 15) is 9.59 Å². The van der Waals surface area contributed by atoms with Crippen molar-refractivity contribution in [1.82, 2.24) is 9.97 Å². The zero-order valence-electron chi connectivity index (χ0n) is 36.6. The second-order valence-electron chi connectivity index (χ2n) is 15.3. The highest BCUT2D eigenvalue weighted by molar-refractivity contribution is 5.91. The summed E-state index contributed by atoms with van der Waals surface area (Å²) in [7, 11) is 3.25. The van der Waals surface area contributed by atoms with E-state index in [1.54, 1.807) is 26.6 Å². The van der Waals surface area contributed by atoms with Crippen molar-refractivity contribution in [3.8, 4) is 34.5 Å². The minimum Gasteiger partial charge on any atom is -0.497 e. The van der Waals surface area contributed by atoms with Crippen LogP contribution in [-0.4, -0.2) is 48.3 Å². The standard InChI is InChI=1S/C49H54N2O10/c1-28(2)60-48-36(22-50-42-15-13-38(54-9)19-40(42)48)26-56-44-17-11-34(30(5)32(44)7)24-58-46(52)21-47(53)59-25-35-12-18-45(33(8)31(35)6)57-27-37-23-51-43-16-14-39(55-10)20-41(43)49(37)61-29(3)4/h11-20,22-23,28-29H,21,24-27H2,1-10H3. The fraction of sp³-hybridized carbons (Fsp3) is 0.347. The number of benzene rings is 4. The summed E-state index contributed by atoms with van der Waals surface area (Å²) < 4.78 is 46.9. The lowest BCUT2D eigenvalue weighted by Crippen LogP contribution is -2.14. The van der Waals surface area contributed by atoms with Gasteiger partial charge >= 0.3 is 11.9 Å². The third-order valence-electron chi connectivity index (χ3n) is 10.4. The van der Waals surface area contributed by atoms with Gasteiger partial charge in [0.1, 0.15) is 67.3 Å². The molecule has 0 amide bonds. The van der Waals surface area contributed by atoms with Crippen molar-refractivity contribution in [1.29, 1.82) is 0 Å². The molecule has 12 heteroatoms. The van der Waals surface area contributed by atoms with Crippen LogP contribution in [0.5, 0.6) is 34.5 Å². The maximum Gasteiger partial charge on any atom is 0.317 e. The predicted molar refractivity (Wildman–Crippen MR) is 233 cm³/mol. The van der Waals surface area contributed by atoms with Gasteiger partial charge in [-0.2, -0.15) is 0 Å². The number of fused-ring (bicyclic) bond motifs is 2. The molecule has 0 bridgehead atoms. The number of nitrogens with zero attached hydrogens (tertiary/aromatic N) is 2. The molecule has 0 N–H and O–H groups in total. The second kappa shape index (κ2) is 19.7. The number of carbonyl (C=O) groups is 2. The fourth-order valence-corrected chi connectivity index (χ4v) is 6.76.